The summed E-state index contributed by atoms with van der Waals surface area (Å²) < 4.78 is 0. The molecule has 1 aromatic rings. The largest absolute Gasteiger partial charge is 0.481 e. The van der Waals surface area contributed by atoms with E-state index in [9.17, 15) is 14.4 Å². The van der Waals surface area contributed by atoms with Gasteiger partial charge in [-0.3, -0.25) is 19.8 Å². The molecule has 0 saturated heterocycles. The maximum absolute atomic E-state index is 11.9. The topological polar surface area (TPSA) is 86.7 Å². The van der Waals surface area contributed by atoms with Gasteiger partial charge < -0.3 is 5.11 Å². The van der Waals surface area contributed by atoms with Crippen LogP contribution in [0.2, 0.25) is 0 Å². The van der Waals surface area contributed by atoms with Crippen molar-refractivity contribution in [1.29, 1.82) is 0 Å². The highest BCUT2D eigenvalue weighted by atomic mass is 16.4. The molecule has 0 aromatic heterocycles. The van der Waals surface area contributed by atoms with Gasteiger partial charge in [0.2, 0.25) is 5.91 Å². The zero-order valence-corrected chi connectivity index (χ0v) is 12.3. The van der Waals surface area contributed by atoms with Gasteiger partial charge >= 0.3 is 12.0 Å². The van der Waals surface area contributed by atoms with Crippen molar-refractivity contribution in [3.63, 3.8) is 0 Å². The number of amides is 3. The van der Waals surface area contributed by atoms with Crippen LogP contribution < -0.4 is 10.2 Å². The number of carboxylic acid groups (broad SMARTS) is 1. The smallest absolute Gasteiger partial charge is 0.328 e. The quantitative estimate of drug-likeness (QED) is 0.841. The van der Waals surface area contributed by atoms with Crippen molar-refractivity contribution in [2.45, 2.75) is 32.6 Å². The Balaban J connectivity index is 2.49. The first-order valence-corrected chi connectivity index (χ1v) is 6.82. The molecular weight excluding hydrogens is 272 g/mol. The van der Waals surface area contributed by atoms with E-state index in [1.165, 1.54) is 4.90 Å². The molecule has 114 valence electrons. The summed E-state index contributed by atoms with van der Waals surface area (Å²) in [7, 11) is 1.57. The van der Waals surface area contributed by atoms with Crippen LogP contribution in [0.4, 0.5) is 10.5 Å². The minimum Gasteiger partial charge on any atom is -0.481 e. The van der Waals surface area contributed by atoms with Gasteiger partial charge in [-0.2, -0.15) is 0 Å². The number of nitrogens with zero attached hydrogens (tertiary/aromatic N) is 1. The zero-order valence-electron chi connectivity index (χ0n) is 12.3. The zero-order chi connectivity index (χ0) is 15.8. The fraction of sp³-hybridized carbons (Fsp3) is 0.400. The Morgan fingerprint density at radius 1 is 1.14 bits per heavy atom. The van der Waals surface area contributed by atoms with Crippen molar-refractivity contribution in [2.24, 2.45) is 0 Å². The number of nitrogens with one attached hydrogen (secondary N) is 1. The molecule has 0 heterocycles. The molecule has 0 aliphatic carbocycles. The first kappa shape index (κ1) is 16.7. The summed E-state index contributed by atoms with van der Waals surface area (Å²) in [5.41, 5.74) is 1.85. The number of carbonyl (C=O) groups excluding carboxylic acids is 2. The molecule has 0 fully saturated rings. The number of carbonyl (C=O) groups is 3. The molecule has 0 unspecified atom stereocenters. The SMILES string of the molecule is CCc1ccc(N(C)C(=O)NC(=O)CCCC(=O)O)cc1. The van der Waals surface area contributed by atoms with E-state index in [-0.39, 0.29) is 19.3 Å². The van der Waals surface area contributed by atoms with Crippen LogP contribution in [0, 0.1) is 0 Å². The second kappa shape index (κ2) is 8.04. The third-order valence-corrected chi connectivity index (χ3v) is 3.08. The van der Waals surface area contributed by atoms with Crippen molar-refractivity contribution >= 4 is 23.6 Å². The van der Waals surface area contributed by atoms with E-state index in [2.05, 4.69) is 5.32 Å². The van der Waals surface area contributed by atoms with Gasteiger partial charge in [-0.15, -0.1) is 0 Å². The van der Waals surface area contributed by atoms with E-state index in [4.69, 9.17) is 5.11 Å². The summed E-state index contributed by atoms with van der Waals surface area (Å²) in [5, 5.41) is 10.7. The lowest BCUT2D eigenvalue weighted by atomic mass is 10.1. The monoisotopic (exact) mass is 292 g/mol. The highest BCUT2D eigenvalue weighted by Crippen LogP contribution is 2.14. The third kappa shape index (κ3) is 5.64. The Bertz CT molecular complexity index is 511. The number of hydrogen-bond acceptors (Lipinski definition) is 3. The molecule has 6 heteroatoms. The second-order valence-corrected chi connectivity index (χ2v) is 4.68. The van der Waals surface area contributed by atoms with E-state index in [1.807, 2.05) is 31.2 Å². The second-order valence-electron chi connectivity index (χ2n) is 4.68. The first-order valence-electron chi connectivity index (χ1n) is 6.82. The number of carboxylic acids is 1. The number of urea groups is 1. The lowest BCUT2D eigenvalue weighted by Crippen LogP contribution is -2.40. The molecule has 0 radical (unpaired) electrons. The molecule has 0 bridgehead atoms. The van der Waals surface area contributed by atoms with Gasteiger partial charge in [0.15, 0.2) is 0 Å². The van der Waals surface area contributed by atoms with Gasteiger partial charge in [0, 0.05) is 25.6 Å². The molecule has 0 aliphatic rings. The summed E-state index contributed by atoms with van der Waals surface area (Å²) in [6.07, 6.45) is 1.05. The number of aryl methyl sites for hydroxylation is 1. The lowest BCUT2D eigenvalue weighted by Gasteiger charge is -2.17. The van der Waals surface area contributed by atoms with Gasteiger partial charge in [0.05, 0.1) is 0 Å². The van der Waals surface area contributed by atoms with Crippen LogP contribution in [0.15, 0.2) is 24.3 Å². The lowest BCUT2D eigenvalue weighted by molar-refractivity contribution is -0.137. The van der Waals surface area contributed by atoms with Crippen molar-refractivity contribution in [3.8, 4) is 0 Å². The van der Waals surface area contributed by atoms with E-state index >= 15 is 0 Å². The van der Waals surface area contributed by atoms with Gasteiger partial charge in [-0.05, 0) is 30.5 Å². The number of benzene rings is 1. The normalized spacial score (nSPS) is 10.0. The van der Waals surface area contributed by atoms with Crippen molar-refractivity contribution in [1.82, 2.24) is 5.32 Å². The summed E-state index contributed by atoms with van der Waals surface area (Å²) in [5.74, 6) is -1.43. The molecule has 1 aromatic carbocycles. The summed E-state index contributed by atoms with van der Waals surface area (Å²) in [4.78, 5) is 35.1. The Labute approximate surface area is 123 Å². The van der Waals surface area contributed by atoms with Gasteiger partial charge in [-0.25, -0.2) is 4.79 Å². The highest BCUT2D eigenvalue weighted by molar-refractivity contribution is 6.02. The van der Waals surface area contributed by atoms with Crippen LogP contribution in [0.5, 0.6) is 0 Å². The molecule has 0 spiro atoms. The van der Waals surface area contributed by atoms with E-state index in [1.54, 1.807) is 7.05 Å². The van der Waals surface area contributed by atoms with E-state index in [0.29, 0.717) is 5.69 Å². The number of hydrogen-bond donors (Lipinski definition) is 2. The molecule has 2 N–H and O–H groups in total. The average molecular weight is 292 g/mol. The summed E-state index contributed by atoms with van der Waals surface area (Å²) >= 11 is 0. The molecular formula is C15H20N2O4. The number of imide groups is 1. The average Bonchev–Trinajstić information content (AvgIpc) is 2.46. The Hall–Kier alpha value is -2.37. The molecule has 3 amide bonds. The number of rotatable bonds is 6. The van der Waals surface area contributed by atoms with Crippen molar-refractivity contribution in [2.75, 3.05) is 11.9 Å². The molecule has 1 rings (SSSR count). The number of aliphatic carboxylic acids is 1. The van der Waals surface area contributed by atoms with E-state index in [0.717, 1.165) is 12.0 Å². The van der Waals surface area contributed by atoms with Crippen LogP contribution >= 0.6 is 0 Å². The van der Waals surface area contributed by atoms with Crippen molar-refractivity contribution in [3.05, 3.63) is 29.8 Å². The van der Waals surface area contributed by atoms with Gasteiger partial charge in [-0.1, -0.05) is 19.1 Å². The Kier molecular flexibility index (Phi) is 6.39. The van der Waals surface area contributed by atoms with Crippen LogP contribution in [0.1, 0.15) is 31.7 Å². The van der Waals surface area contributed by atoms with Gasteiger partial charge in [0.25, 0.3) is 0 Å². The Morgan fingerprint density at radius 2 is 1.76 bits per heavy atom. The van der Waals surface area contributed by atoms with Gasteiger partial charge in [0.1, 0.15) is 0 Å². The van der Waals surface area contributed by atoms with E-state index < -0.39 is 17.9 Å². The molecule has 0 aliphatic heterocycles. The minimum atomic E-state index is -0.956. The van der Waals surface area contributed by atoms with Crippen LogP contribution in [-0.2, 0) is 16.0 Å². The fourth-order valence-corrected chi connectivity index (χ4v) is 1.74. The minimum absolute atomic E-state index is 0.0145. The fourth-order valence-electron chi connectivity index (χ4n) is 1.74. The number of anilines is 1. The maximum atomic E-state index is 11.9. The van der Waals surface area contributed by atoms with Crippen LogP contribution in [0.25, 0.3) is 0 Å². The van der Waals surface area contributed by atoms with Crippen LogP contribution in [0.3, 0.4) is 0 Å². The standard InChI is InChI=1S/C15H20N2O4/c1-3-11-7-9-12(10-8-11)17(2)15(21)16-13(18)5-4-6-14(19)20/h7-10H,3-6H2,1-2H3,(H,19,20)(H,16,18,21). The van der Waals surface area contributed by atoms with Crippen molar-refractivity contribution < 1.29 is 19.5 Å². The summed E-state index contributed by atoms with van der Waals surface area (Å²) in [6, 6.07) is 6.95. The predicted octanol–water partition coefficient (Wildman–Crippen LogP) is 2.18. The molecule has 0 saturated carbocycles. The van der Waals surface area contributed by atoms with Crippen LogP contribution in [-0.4, -0.2) is 30.1 Å². The molecule has 6 nitrogen and oxygen atoms in total. The Morgan fingerprint density at radius 3 is 2.29 bits per heavy atom. The molecule has 0 atom stereocenters. The third-order valence-electron chi connectivity index (χ3n) is 3.08. The maximum Gasteiger partial charge on any atom is 0.328 e. The highest BCUT2D eigenvalue weighted by Gasteiger charge is 2.14. The molecule has 21 heavy (non-hydrogen) atoms. The predicted molar refractivity (Wildman–Crippen MR) is 79.2 cm³/mol. The summed E-state index contributed by atoms with van der Waals surface area (Å²) in [6.45, 7) is 2.04. The first-order chi connectivity index (χ1) is 9.93.